The highest BCUT2D eigenvalue weighted by Crippen LogP contribution is 2.34. The average Bonchev–Trinajstić information content (AvgIpc) is 3.01. The van der Waals surface area contributed by atoms with Crippen LogP contribution in [0.5, 0.6) is 11.5 Å². The maximum Gasteiger partial charge on any atom is 0.287 e. The summed E-state index contributed by atoms with van der Waals surface area (Å²) < 4.78 is 17.2. The molecular formula is C21H21NO4. The lowest BCUT2D eigenvalue weighted by molar-refractivity contribution is 0.0923. The van der Waals surface area contributed by atoms with Crippen LogP contribution < -0.4 is 14.8 Å². The zero-order chi connectivity index (χ0) is 18.3. The van der Waals surface area contributed by atoms with Gasteiger partial charge in [-0.25, -0.2) is 0 Å². The van der Waals surface area contributed by atoms with Gasteiger partial charge < -0.3 is 19.2 Å². The first kappa shape index (κ1) is 16.5. The van der Waals surface area contributed by atoms with Gasteiger partial charge in [-0.05, 0) is 38.0 Å². The Morgan fingerprint density at radius 3 is 2.62 bits per heavy atom. The molecule has 1 aromatic heterocycles. The molecular weight excluding hydrogens is 330 g/mol. The van der Waals surface area contributed by atoms with Crippen LogP contribution >= 0.6 is 0 Å². The molecule has 0 radical (unpaired) electrons. The quantitative estimate of drug-likeness (QED) is 0.773. The normalized spacial score (nSPS) is 13.0. The summed E-state index contributed by atoms with van der Waals surface area (Å²) in [5.41, 5.74) is 4.66. The second-order valence-corrected chi connectivity index (χ2v) is 6.58. The van der Waals surface area contributed by atoms with Crippen molar-refractivity contribution in [3.05, 3.63) is 58.3 Å². The lowest BCUT2D eigenvalue weighted by Crippen LogP contribution is -2.24. The molecule has 0 bridgehead atoms. The largest absolute Gasteiger partial charge is 0.486 e. The predicted octanol–water partition coefficient (Wildman–Crippen LogP) is 4.06. The summed E-state index contributed by atoms with van der Waals surface area (Å²) in [4.78, 5) is 12.7. The summed E-state index contributed by atoms with van der Waals surface area (Å²) in [6, 6.07) is 9.75. The number of furan rings is 1. The van der Waals surface area contributed by atoms with Gasteiger partial charge in [0.05, 0.1) is 0 Å². The van der Waals surface area contributed by atoms with E-state index in [4.69, 9.17) is 13.9 Å². The van der Waals surface area contributed by atoms with Crippen molar-refractivity contribution in [2.45, 2.75) is 27.3 Å². The molecule has 1 aliphatic rings. The zero-order valence-corrected chi connectivity index (χ0v) is 15.1. The molecule has 134 valence electrons. The summed E-state index contributed by atoms with van der Waals surface area (Å²) in [5.74, 6) is 1.55. The fourth-order valence-electron chi connectivity index (χ4n) is 3.42. The molecule has 0 atom stereocenters. The molecule has 1 amide bonds. The minimum Gasteiger partial charge on any atom is -0.486 e. The van der Waals surface area contributed by atoms with Crippen molar-refractivity contribution in [2.75, 3.05) is 13.2 Å². The van der Waals surface area contributed by atoms with Gasteiger partial charge in [-0.3, -0.25) is 4.79 Å². The smallest absolute Gasteiger partial charge is 0.287 e. The summed E-state index contributed by atoms with van der Waals surface area (Å²) in [6.45, 7) is 7.34. The van der Waals surface area contributed by atoms with Crippen LogP contribution in [0, 0.1) is 20.8 Å². The lowest BCUT2D eigenvalue weighted by atomic mass is 10.0. The van der Waals surface area contributed by atoms with Gasteiger partial charge in [0.1, 0.15) is 18.8 Å². The van der Waals surface area contributed by atoms with Crippen molar-refractivity contribution < 1.29 is 18.7 Å². The van der Waals surface area contributed by atoms with E-state index in [0.717, 1.165) is 33.2 Å². The summed E-state index contributed by atoms with van der Waals surface area (Å²) >= 11 is 0. The number of hydrogen-bond donors (Lipinski definition) is 1. The van der Waals surface area contributed by atoms with Gasteiger partial charge in [-0.15, -0.1) is 0 Å². The first-order valence-electron chi connectivity index (χ1n) is 8.71. The van der Waals surface area contributed by atoms with E-state index >= 15 is 0 Å². The van der Waals surface area contributed by atoms with Crippen LogP contribution in [0.4, 0.5) is 0 Å². The van der Waals surface area contributed by atoms with Gasteiger partial charge >= 0.3 is 0 Å². The zero-order valence-electron chi connectivity index (χ0n) is 15.1. The topological polar surface area (TPSA) is 60.7 Å². The number of hydrogen-bond acceptors (Lipinski definition) is 4. The number of benzene rings is 2. The number of nitrogens with one attached hydrogen (secondary N) is 1. The van der Waals surface area contributed by atoms with Gasteiger partial charge in [0.2, 0.25) is 0 Å². The molecule has 5 nitrogen and oxygen atoms in total. The fraction of sp³-hybridized carbons (Fsp3) is 0.286. The molecule has 1 N–H and O–H groups in total. The number of fused-ring (bicyclic) bond motifs is 2. The fourth-order valence-corrected chi connectivity index (χ4v) is 3.42. The van der Waals surface area contributed by atoms with Crippen LogP contribution in [0.1, 0.15) is 32.8 Å². The molecule has 1 aliphatic heterocycles. The van der Waals surface area contributed by atoms with Crippen LogP contribution in [-0.2, 0) is 6.54 Å². The predicted molar refractivity (Wildman–Crippen MR) is 99.0 cm³/mol. The van der Waals surface area contributed by atoms with E-state index in [1.54, 1.807) is 0 Å². The number of ether oxygens (including phenoxy) is 2. The Kier molecular flexibility index (Phi) is 4.07. The van der Waals surface area contributed by atoms with Gasteiger partial charge in [0, 0.05) is 23.1 Å². The highest BCUT2D eigenvalue weighted by atomic mass is 16.6. The highest BCUT2D eigenvalue weighted by Gasteiger charge is 2.21. The summed E-state index contributed by atoms with van der Waals surface area (Å²) in [5, 5.41) is 3.96. The Morgan fingerprint density at radius 2 is 1.81 bits per heavy atom. The number of carbonyl (C=O) groups is 1. The minimum atomic E-state index is -0.230. The SMILES string of the molecule is Cc1ccc(C)c2c(C)c(C(=O)NCc3cccc4c3OCCO4)oc12. The van der Waals surface area contributed by atoms with Crippen molar-refractivity contribution in [3.63, 3.8) is 0 Å². The molecule has 0 spiro atoms. The number of aryl methyl sites for hydroxylation is 3. The van der Waals surface area contributed by atoms with Crippen molar-refractivity contribution in [1.82, 2.24) is 5.32 Å². The van der Waals surface area contributed by atoms with Gasteiger partial charge in [-0.1, -0.05) is 24.3 Å². The van der Waals surface area contributed by atoms with E-state index in [9.17, 15) is 4.79 Å². The Balaban J connectivity index is 1.60. The van der Waals surface area contributed by atoms with Crippen molar-refractivity contribution in [3.8, 4) is 11.5 Å². The molecule has 0 saturated carbocycles. The lowest BCUT2D eigenvalue weighted by Gasteiger charge is -2.21. The van der Waals surface area contributed by atoms with Gasteiger partial charge in [0.15, 0.2) is 17.3 Å². The van der Waals surface area contributed by atoms with E-state index in [2.05, 4.69) is 11.4 Å². The number of carbonyl (C=O) groups excluding carboxylic acids is 1. The maximum atomic E-state index is 12.7. The molecule has 0 fully saturated rings. The Hall–Kier alpha value is -2.95. The molecule has 26 heavy (non-hydrogen) atoms. The first-order valence-corrected chi connectivity index (χ1v) is 8.71. The van der Waals surface area contributed by atoms with Crippen LogP contribution in [0.15, 0.2) is 34.7 Å². The van der Waals surface area contributed by atoms with E-state index in [0.29, 0.717) is 37.0 Å². The molecule has 0 saturated heterocycles. The monoisotopic (exact) mass is 351 g/mol. The number of para-hydroxylation sites is 1. The Morgan fingerprint density at radius 1 is 1.04 bits per heavy atom. The summed E-state index contributed by atoms with van der Waals surface area (Å²) in [6.07, 6.45) is 0. The van der Waals surface area contributed by atoms with Crippen molar-refractivity contribution >= 4 is 16.9 Å². The van der Waals surface area contributed by atoms with Crippen molar-refractivity contribution in [1.29, 1.82) is 0 Å². The maximum absolute atomic E-state index is 12.7. The van der Waals surface area contributed by atoms with Crippen molar-refractivity contribution in [2.24, 2.45) is 0 Å². The number of amides is 1. The summed E-state index contributed by atoms with van der Waals surface area (Å²) in [7, 11) is 0. The van der Waals surface area contributed by atoms with E-state index in [1.165, 1.54) is 0 Å². The van der Waals surface area contributed by atoms with Crippen LogP contribution in [0.2, 0.25) is 0 Å². The Labute approximate surface area is 151 Å². The van der Waals surface area contributed by atoms with E-state index in [1.807, 2.05) is 45.0 Å². The molecule has 2 aromatic carbocycles. The van der Waals surface area contributed by atoms with E-state index < -0.39 is 0 Å². The van der Waals surface area contributed by atoms with Gasteiger partial charge in [0.25, 0.3) is 5.91 Å². The molecule has 4 rings (SSSR count). The van der Waals surface area contributed by atoms with Gasteiger partial charge in [-0.2, -0.15) is 0 Å². The molecule has 0 unspecified atom stereocenters. The molecule has 5 heteroatoms. The third kappa shape index (κ3) is 2.69. The van der Waals surface area contributed by atoms with Crippen LogP contribution in [0.25, 0.3) is 11.0 Å². The molecule has 3 aromatic rings. The molecule has 0 aliphatic carbocycles. The third-order valence-electron chi connectivity index (χ3n) is 4.78. The van der Waals surface area contributed by atoms with Crippen LogP contribution in [0.3, 0.4) is 0 Å². The molecule has 2 heterocycles. The standard InChI is InChI=1S/C21H21NO4/c1-12-7-8-13(2)18-17(12)14(3)19(26-18)21(23)22-11-15-5-4-6-16-20(15)25-10-9-24-16/h4-8H,9-11H2,1-3H3,(H,22,23). The highest BCUT2D eigenvalue weighted by molar-refractivity contribution is 6.00. The van der Waals surface area contributed by atoms with Crippen LogP contribution in [-0.4, -0.2) is 19.1 Å². The third-order valence-corrected chi connectivity index (χ3v) is 4.78. The second-order valence-electron chi connectivity index (χ2n) is 6.58. The van der Waals surface area contributed by atoms with E-state index in [-0.39, 0.29) is 5.91 Å². The second kappa shape index (κ2) is 6.41. The number of rotatable bonds is 3. The first-order chi connectivity index (χ1) is 12.6. The Bertz CT molecular complexity index is 1000. The average molecular weight is 351 g/mol. The minimum absolute atomic E-state index is 0.230.